The van der Waals surface area contributed by atoms with Gasteiger partial charge in [-0.2, -0.15) is 4.98 Å². The minimum Gasteiger partial charge on any atom is -0.339 e. The molecule has 6 heteroatoms. The minimum absolute atomic E-state index is 0.146. The average molecular weight is 237 g/mol. The van der Waals surface area contributed by atoms with E-state index in [1.165, 1.54) is 13.1 Å². The highest BCUT2D eigenvalue weighted by molar-refractivity contribution is 5.03. The quantitative estimate of drug-likeness (QED) is 0.785. The zero-order valence-corrected chi connectivity index (χ0v) is 10.2. The van der Waals surface area contributed by atoms with Gasteiger partial charge in [0.05, 0.1) is 6.04 Å². The first-order chi connectivity index (χ1) is 8.28. The number of hydrogen-bond donors (Lipinski definition) is 1. The number of piperazine rings is 3. The number of rotatable bonds is 3. The van der Waals surface area contributed by atoms with Crippen molar-refractivity contribution in [2.75, 3.05) is 39.3 Å². The summed E-state index contributed by atoms with van der Waals surface area (Å²) < 4.78 is 5.29. The predicted octanol–water partition coefficient (Wildman–Crippen LogP) is -0.196. The van der Waals surface area contributed by atoms with E-state index in [-0.39, 0.29) is 5.92 Å². The van der Waals surface area contributed by atoms with Crippen LogP contribution in [0.2, 0.25) is 0 Å². The largest absolute Gasteiger partial charge is 0.339 e. The fraction of sp³-hybridized carbons (Fsp3) is 0.818. The van der Waals surface area contributed by atoms with Crippen LogP contribution < -0.4 is 5.73 Å². The third-order valence-electron chi connectivity index (χ3n) is 3.81. The third-order valence-corrected chi connectivity index (χ3v) is 3.81. The Kier molecular flexibility index (Phi) is 2.85. The second-order valence-corrected chi connectivity index (χ2v) is 4.98. The molecule has 3 fully saturated rings. The third kappa shape index (κ3) is 1.96. The average Bonchev–Trinajstić information content (AvgIpc) is 2.88. The molecule has 2 unspecified atom stereocenters. The van der Waals surface area contributed by atoms with Gasteiger partial charge in [-0.3, -0.25) is 9.80 Å². The van der Waals surface area contributed by atoms with Crippen molar-refractivity contribution in [3.63, 3.8) is 0 Å². The van der Waals surface area contributed by atoms with Crippen molar-refractivity contribution in [3.05, 3.63) is 11.7 Å². The van der Waals surface area contributed by atoms with Crippen molar-refractivity contribution in [1.82, 2.24) is 19.9 Å². The van der Waals surface area contributed by atoms with Gasteiger partial charge < -0.3 is 10.3 Å². The van der Waals surface area contributed by atoms with Gasteiger partial charge in [0.25, 0.3) is 0 Å². The molecular formula is C11H19N5O. The van der Waals surface area contributed by atoms with Gasteiger partial charge in [-0.05, 0) is 0 Å². The monoisotopic (exact) mass is 237 g/mol. The van der Waals surface area contributed by atoms with Crippen LogP contribution in [-0.2, 0) is 0 Å². The maximum absolute atomic E-state index is 5.61. The van der Waals surface area contributed by atoms with Gasteiger partial charge in [0.2, 0.25) is 5.89 Å². The summed E-state index contributed by atoms with van der Waals surface area (Å²) >= 11 is 0. The Bertz CT molecular complexity index is 385. The molecule has 0 aromatic carbocycles. The van der Waals surface area contributed by atoms with Crippen molar-refractivity contribution >= 4 is 0 Å². The zero-order valence-electron chi connectivity index (χ0n) is 10.2. The zero-order chi connectivity index (χ0) is 11.8. The Hall–Kier alpha value is -0.980. The number of fused-ring (bicyclic) bond motifs is 3. The highest BCUT2D eigenvalue weighted by Crippen LogP contribution is 2.27. The lowest BCUT2D eigenvalue weighted by Gasteiger charge is -2.46. The minimum atomic E-state index is 0.146. The molecule has 4 rings (SSSR count). The normalized spacial score (nSPS) is 33.9. The summed E-state index contributed by atoms with van der Waals surface area (Å²) in [6.07, 6.45) is 0. The van der Waals surface area contributed by atoms with Crippen LogP contribution >= 0.6 is 0 Å². The lowest BCUT2D eigenvalue weighted by atomic mass is 10.1. The molecule has 3 aliphatic rings. The second-order valence-electron chi connectivity index (χ2n) is 4.98. The second kappa shape index (κ2) is 4.36. The molecule has 17 heavy (non-hydrogen) atoms. The van der Waals surface area contributed by atoms with Gasteiger partial charge in [0.1, 0.15) is 0 Å². The van der Waals surface area contributed by atoms with Crippen molar-refractivity contribution in [2.45, 2.75) is 18.9 Å². The van der Waals surface area contributed by atoms with Crippen molar-refractivity contribution < 1.29 is 4.52 Å². The van der Waals surface area contributed by atoms with Gasteiger partial charge in [-0.1, -0.05) is 12.1 Å². The van der Waals surface area contributed by atoms with Gasteiger partial charge in [0, 0.05) is 45.2 Å². The molecule has 4 heterocycles. The number of hydrogen-bond acceptors (Lipinski definition) is 6. The highest BCUT2D eigenvalue weighted by atomic mass is 16.5. The molecule has 3 aliphatic heterocycles. The molecule has 0 aliphatic carbocycles. The molecule has 3 saturated heterocycles. The van der Waals surface area contributed by atoms with E-state index in [2.05, 4.69) is 19.9 Å². The van der Waals surface area contributed by atoms with Crippen LogP contribution in [0.1, 0.15) is 30.6 Å². The van der Waals surface area contributed by atoms with Crippen LogP contribution in [0.25, 0.3) is 0 Å². The molecule has 6 nitrogen and oxygen atoms in total. The molecule has 1 aromatic heterocycles. The Morgan fingerprint density at radius 3 is 2.76 bits per heavy atom. The molecule has 0 amide bonds. The first-order valence-electron chi connectivity index (χ1n) is 6.28. The van der Waals surface area contributed by atoms with E-state index in [9.17, 15) is 0 Å². The van der Waals surface area contributed by atoms with E-state index < -0.39 is 0 Å². The summed E-state index contributed by atoms with van der Waals surface area (Å²) in [4.78, 5) is 9.41. The van der Waals surface area contributed by atoms with E-state index >= 15 is 0 Å². The summed E-state index contributed by atoms with van der Waals surface area (Å²) in [5.74, 6) is 1.64. The molecule has 94 valence electrons. The Morgan fingerprint density at radius 2 is 2.18 bits per heavy atom. The highest BCUT2D eigenvalue weighted by Gasteiger charge is 2.35. The standard InChI is InChI=1S/C11H19N5O/c1-8(6-12)11-13-10(14-17-11)9-7-15-2-4-16(9)5-3-15/h8-9H,2-7,12H2,1H3. The molecule has 0 saturated carbocycles. The van der Waals surface area contributed by atoms with Gasteiger partial charge in [-0.15, -0.1) is 0 Å². The summed E-state index contributed by atoms with van der Waals surface area (Å²) in [5.41, 5.74) is 5.61. The Balaban J connectivity index is 1.78. The van der Waals surface area contributed by atoms with Crippen LogP contribution in [-0.4, -0.2) is 59.2 Å². The van der Waals surface area contributed by atoms with Crippen LogP contribution in [0.5, 0.6) is 0 Å². The molecule has 1 aromatic rings. The van der Waals surface area contributed by atoms with Gasteiger partial charge in [-0.25, -0.2) is 0 Å². The Labute approximate surface area is 101 Å². The first-order valence-corrected chi connectivity index (χ1v) is 6.28. The SMILES string of the molecule is CC(CN)c1nc(C2CN3CCN2CC3)no1. The summed E-state index contributed by atoms with van der Waals surface area (Å²) in [6, 6.07) is 0.306. The fourth-order valence-electron chi connectivity index (χ4n) is 2.55. The maximum Gasteiger partial charge on any atom is 0.230 e. The topological polar surface area (TPSA) is 71.4 Å². The molecule has 2 atom stereocenters. The van der Waals surface area contributed by atoms with Crippen molar-refractivity contribution in [2.24, 2.45) is 5.73 Å². The smallest absolute Gasteiger partial charge is 0.230 e. The van der Waals surface area contributed by atoms with Crippen molar-refractivity contribution in [1.29, 1.82) is 0 Å². The molecule has 2 N–H and O–H groups in total. The van der Waals surface area contributed by atoms with E-state index in [1.807, 2.05) is 6.92 Å². The molecule has 2 bridgehead atoms. The van der Waals surface area contributed by atoms with Crippen LogP contribution in [0.3, 0.4) is 0 Å². The lowest BCUT2D eigenvalue weighted by Crippen LogP contribution is -2.57. The predicted molar refractivity (Wildman–Crippen MR) is 62.5 cm³/mol. The summed E-state index contributed by atoms with van der Waals surface area (Å²) in [6.45, 7) is 8.13. The van der Waals surface area contributed by atoms with Crippen LogP contribution in [0.4, 0.5) is 0 Å². The fourth-order valence-corrected chi connectivity index (χ4v) is 2.55. The van der Waals surface area contributed by atoms with Crippen LogP contribution in [0.15, 0.2) is 4.52 Å². The maximum atomic E-state index is 5.61. The first kappa shape index (κ1) is 11.1. The summed E-state index contributed by atoms with van der Waals surface area (Å²) in [5, 5.41) is 4.12. The molecule has 0 radical (unpaired) electrons. The lowest BCUT2D eigenvalue weighted by molar-refractivity contribution is 0.00781. The molecular weight excluding hydrogens is 218 g/mol. The number of nitrogens with two attached hydrogens (primary N) is 1. The van der Waals surface area contributed by atoms with Crippen LogP contribution in [0, 0.1) is 0 Å². The van der Waals surface area contributed by atoms with Crippen molar-refractivity contribution in [3.8, 4) is 0 Å². The van der Waals surface area contributed by atoms with E-state index in [4.69, 9.17) is 10.3 Å². The number of nitrogens with zero attached hydrogens (tertiary/aromatic N) is 4. The Morgan fingerprint density at radius 1 is 1.41 bits per heavy atom. The number of aromatic nitrogens is 2. The van der Waals surface area contributed by atoms with Gasteiger partial charge >= 0.3 is 0 Å². The summed E-state index contributed by atoms with van der Waals surface area (Å²) in [7, 11) is 0. The van der Waals surface area contributed by atoms with E-state index in [0.717, 1.165) is 25.5 Å². The van der Waals surface area contributed by atoms with E-state index in [1.54, 1.807) is 0 Å². The van der Waals surface area contributed by atoms with Gasteiger partial charge in [0.15, 0.2) is 5.82 Å². The van der Waals surface area contributed by atoms with E-state index in [0.29, 0.717) is 18.5 Å². The molecule has 0 spiro atoms.